The van der Waals surface area contributed by atoms with Gasteiger partial charge in [-0.2, -0.15) is 0 Å². The van der Waals surface area contributed by atoms with Crippen LogP contribution in [0.15, 0.2) is 24.3 Å². The summed E-state index contributed by atoms with van der Waals surface area (Å²) in [6, 6.07) is 7.02. The van der Waals surface area contributed by atoms with Gasteiger partial charge in [0.1, 0.15) is 18.0 Å². The standard InChI is InChI=1S/C30H40O11/c1-14-17(9-31)8-22(27(36)25(14)34)41-30-23(37-2)6-16(7-24(30)38-3)29-21-13-39-28(20(21)12-40-29)15-4-18(10-32)26(35)19(5-15)11-33/h4-7,14,17,20-22,25,27-29,31-36H,8-13H2,1-3H3/t14-,17-,20?,21?,22?,25+,27+,28?,29?/m1/s1. The van der Waals surface area contributed by atoms with Crippen LogP contribution in [0.4, 0.5) is 0 Å². The van der Waals surface area contributed by atoms with Crippen LogP contribution in [-0.4, -0.2) is 83.0 Å². The van der Waals surface area contributed by atoms with Crippen LogP contribution in [0.5, 0.6) is 23.0 Å². The van der Waals surface area contributed by atoms with Crippen molar-refractivity contribution >= 4 is 0 Å². The zero-order chi connectivity index (χ0) is 29.4. The predicted molar refractivity (Wildman–Crippen MR) is 145 cm³/mol. The summed E-state index contributed by atoms with van der Waals surface area (Å²) in [7, 11) is 3.01. The lowest BCUT2D eigenvalue weighted by atomic mass is 9.75. The number of phenols is 1. The quantitative estimate of drug-likeness (QED) is 0.257. The van der Waals surface area contributed by atoms with Gasteiger partial charge in [0.25, 0.3) is 0 Å². The number of hydrogen-bond donors (Lipinski definition) is 6. The lowest BCUT2D eigenvalue weighted by Gasteiger charge is -2.41. The van der Waals surface area contributed by atoms with Crippen molar-refractivity contribution < 1.29 is 54.3 Å². The van der Waals surface area contributed by atoms with Crippen LogP contribution >= 0.6 is 0 Å². The molecule has 0 aromatic heterocycles. The fourth-order valence-corrected chi connectivity index (χ4v) is 6.58. The van der Waals surface area contributed by atoms with Gasteiger partial charge in [0.2, 0.25) is 5.75 Å². The van der Waals surface area contributed by atoms with Gasteiger partial charge < -0.3 is 54.3 Å². The minimum atomic E-state index is -1.15. The fraction of sp³-hybridized carbons (Fsp3) is 0.600. The molecule has 0 amide bonds. The van der Waals surface area contributed by atoms with Gasteiger partial charge in [-0.05, 0) is 53.6 Å². The Balaban J connectivity index is 1.40. The second kappa shape index (κ2) is 12.3. The summed E-state index contributed by atoms with van der Waals surface area (Å²) in [5.41, 5.74) is 2.21. The lowest BCUT2D eigenvalue weighted by Crippen LogP contribution is -2.52. The van der Waals surface area contributed by atoms with Crippen molar-refractivity contribution in [1.29, 1.82) is 0 Å². The topological polar surface area (TPSA) is 168 Å². The summed E-state index contributed by atoms with van der Waals surface area (Å²) in [5, 5.41) is 60.7. The number of aromatic hydroxyl groups is 1. The first-order valence-corrected chi connectivity index (χ1v) is 13.9. The van der Waals surface area contributed by atoms with Gasteiger partial charge in [-0.1, -0.05) is 6.92 Å². The van der Waals surface area contributed by atoms with E-state index in [1.807, 2.05) is 12.1 Å². The number of rotatable bonds is 9. The summed E-state index contributed by atoms with van der Waals surface area (Å²) in [4.78, 5) is 0. The van der Waals surface area contributed by atoms with Crippen LogP contribution < -0.4 is 14.2 Å². The average Bonchev–Trinajstić information content (AvgIpc) is 3.60. The highest BCUT2D eigenvalue weighted by atomic mass is 16.6. The van der Waals surface area contributed by atoms with E-state index in [4.69, 9.17) is 23.7 Å². The molecule has 1 aliphatic carbocycles. The largest absolute Gasteiger partial charge is 0.507 e. The Hall–Kier alpha value is -2.64. The molecule has 0 spiro atoms. The number of ether oxygens (including phenoxy) is 5. The Labute approximate surface area is 238 Å². The van der Waals surface area contributed by atoms with Crippen molar-refractivity contribution in [3.63, 3.8) is 0 Å². The Bertz CT molecular complexity index is 1170. The van der Waals surface area contributed by atoms with E-state index >= 15 is 0 Å². The summed E-state index contributed by atoms with van der Waals surface area (Å²) in [6.07, 6.45) is -3.29. The Morgan fingerprint density at radius 3 is 1.78 bits per heavy atom. The van der Waals surface area contributed by atoms with Crippen molar-refractivity contribution in [2.75, 3.05) is 34.0 Å². The second-order valence-electron chi connectivity index (χ2n) is 11.3. The molecule has 3 aliphatic rings. The minimum Gasteiger partial charge on any atom is -0.507 e. The number of benzene rings is 2. The number of fused-ring (bicyclic) bond motifs is 1. The molecule has 3 fully saturated rings. The maximum Gasteiger partial charge on any atom is 0.203 e. The number of hydrogen-bond acceptors (Lipinski definition) is 11. The molecule has 5 unspecified atom stereocenters. The first-order chi connectivity index (χ1) is 19.8. The molecule has 2 heterocycles. The van der Waals surface area contributed by atoms with Crippen LogP contribution in [0.25, 0.3) is 0 Å². The van der Waals surface area contributed by atoms with E-state index in [-0.39, 0.29) is 67.2 Å². The van der Waals surface area contributed by atoms with Crippen LogP contribution in [-0.2, 0) is 22.7 Å². The molecule has 9 atom stereocenters. The molecule has 2 aliphatic heterocycles. The molecule has 226 valence electrons. The van der Waals surface area contributed by atoms with E-state index in [1.54, 1.807) is 19.1 Å². The molecule has 0 radical (unpaired) electrons. The minimum absolute atomic E-state index is 0.00718. The van der Waals surface area contributed by atoms with E-state index in [0.717, 1.165) is 11.1 Å². The Kier molecular flexibility index (Phi) is 8.95. The number of methoxy groups -OCH3 is 2. The van der Waals surface area contributed by atoms with Gasteiger partial charge in [-0.25, -0.2) is 0 Å². The lowest BCUT2D eigenvalue weighted by molar-refractivity contribution is -0.124. The molecule has 6 N–H and O–H groups in total. The molecule has 0 bridgehead atoms. The molecular weight excluding hydrogens is 536 g/mol. The second-order valence-corrected chi connectivity index (χ2v) is 11.3. The molecule has 41 heavy (non-hydrogen) atoms. The van der Waals surface area contributed by atoms with Crippen LogP contribution in [0.1, 0.15) is 47.8 Å². The monoisotopic (exact) mass is 576 g/mol. The van der Waals surface area contributed by atoms with E-state index < -0.39 is 18.3 Å². The maximum absolute atomic E-state index is 10.7. The average molecular weight is 577 g/mol. The Morgan fingerprint density at radius 1 is 0.805 bits per heavy atom. The summed E-state index contributed by atoms with van der Waals surface area (Å²) >= 11 is 0. The van der Waals surface area contributed by atoms with E-state index in [2.05, 4.69) is 0 Å². The first-order valence-electron chi connectivity index (χ1n) is 13.9. The summed E-state index contributed by atoms with van der Waals surface area (Å²) < 4.78 is 30.0. The van der Waals surface area contributed by atoms with E-state index in [1.165, 1.54) is 14.2 Å². The smallest absolute Gasteiger partial charge is 0.203 e. The number of aliphatic hydroxyl groups is 5. The highest BCUT2D eigenvalue weighted by molar-refractivity contribution is 5.55. The highest BCUT2D eigenvalue weighted by Gasteiger charge is 2.49. The number of aliphatic hydroxyl groups excluding tert-OH is 5. The third-order valence-corrected chi connectivity index (χ3v) is 9.09. The van der Waals surface area contributed by atoms with Gasteiger partial charge in [0.15, 0.2) is 11.5 Å². The summed E-state index contributed by atoms with van der Waals surface area (Å²) in [5.74, 6) is 0.393. The molecule has 1 saturated carbocycles. The van der Waals surface area contributed by atoms with Crippen molar-refractivity contribution in [3.8, 4) is 23.0 Å². The predicted octanol–water partition coefficient (Wildman–Crippen LogP) is 1.59. The molecule has 5 rings (SSSR count). The molecular formula is C30H40O11. The van der Waals surface area contributed by atoms with E-state index in [9.17, 15) is 30.6 Å². The maximum atomic E-state index is 10.7. The molecule has 2 aromatic rings. The van der Waals surface area contributed by atoms with Gasteiger partial charge in [0, 0.05) is 29.6 Å². The van der Waals surface area contributed by atoms with Crippen molar-refractivity contribution in [1.82, 2.24) is 0 Å². The fourth-order valence-electron chi connectivity index (χ4n) is 6.58. The van der Waals surface area contributed by atoms with Crippen molar-refractivity contribution in [2.45, 2.75) is 57.1 Å². The van der Waals surface area contributed by atoms with Crippen LogP contribution in [0.2, 0.25) is 0 Å². The van der Waals surface area contributed by atoms with Crippen LogP contribution in [0, 0.1) is 23.7 Å². The molecule has 2 aromatic carbocycles. The van der Waals surface area contributed by atoms with Gasteiger partial charge in [0.05, 0.1) is 59.0 Å². The highest BCUT2D eigenvalue weighted by Crippen LogP contribution is 2.53. The molecule has 11 heteroatoms. The zero-order valence-electron chi connectivity index (χ0n) is 23.5. The zero-order valence-corrected chi connectivity index (χ0v) is 23.5. The van der Waals surface area contributed by atoms with Crippen molar-refractivity contribution in [2.24, 2.45) is 23.7 Å². The van der Waals surface area contributed by atoms with Gasteiger partial charge in [-0.3, -0.25) is 0 Å². The molecule has 2 saturated heterocycles. The first kappa shape index (κ1) is 29.8. The SMILES string of the molecule is COc1cc(C2OCC3C(c4cc(CO)c(O)c(CO)c4)OCC23)cc(OC)c1OC1C[C@H](CO)[C@@H](C)[C@H](O)[C@H]1O. The van der Waals surface area contributed by atoms with Crippen molar-refractivity contribution in [3.05, 3.63) is 46.5 Å². The Morgan fingerprint density at radius 2 is 1.32 bits per heavy atom. The van der Waals surface area contributed by atoms with Gasteiger partial charge >= 0.3 is 0 Å². The van der Waals surface area contributed by atoms with Crippen LogP contribution in [0.3, 0.4) is 0 Å². The van der Waals surface area contributed by atoms with E-state index in [0.29, 0.717) is 42.3 Å². The third kappa shape index (κ3) is 5.36. The van der Waals surface area contributed by atoms with Gasteiger partial charge in [-0.15, -0.1) is 0 Å². The third-order valence-electron chi connectivity index (χ3n) is 9.09. The summed E-state index contributed by atoms with van der Waals surface area (Å²) in [6.45, 7) is 1.77. The normalized spacial score (nSPS) is 33.0. The molecule has 11 nitrogen and oxygen atoms in total.